The van der Waals surface area contributed by atoms with Crippen molar-refractivity contribution in [3.05, 3.63) is 28.8 Å². The summed E-state index contributed by atoms with van der Waals surface area (Å²) in [6, 6.07) is 5.94. The van der Waals surface area contributed by atoms with Crippen LogP contribution in [0, 0.1) is 0 Å². The fraction of sp³-hybridized carbons (Fsp3) is 0.462. The minimum atomic E-state index is -0.426. The van der Waals surface area contributed by atoms with Crippen molar-refractivity contribution in [3.63, 3.8) is 0 Å². The van der Waals surface area contributed by atoms with Gasteiger partial charge in [-0.2, -0.15) is 4.99 Å². The van der Waals surface area contributed by atoms with Gasteiger partial charge in [-0.15, -0.1) is 11.8 Å². The van der Waals surface area contributed by atoms with Gasteiger partial charge in [-0.3, -0.25) is 0 Å². The second kappa shape index (κ2) is 5.26. The topological polar surface area (TPSA) is 29.4 Å². The summed E-state index contributed by atoms with van der Waals surface area (Å²) < 4.78 is 0. The Bertz CT molecular complexity index is 462. The van der Waals surface area contributed by atoms with Crippen LogP contribution in [0.25, 0.3) is 0 Å². The van der Waals surface area contributed by atoms with Gasteiger partial charge in [0.15, 0.2) is 0 Å². The zero-order valence-electron chi connectivity index (χ0n) is 9.70. The number of benzene rings is 1. The van der Waals surface area contributed by atoms with E-state index in [-0.39, 0.29) is 0 Å². The highest BCUT2D eigenvalue weighted by Gasteiger charge is 2.37. The molecule has 0 aromatic heterocycles. The lowest BCUT2D eigenvalue weighted by atomic mass is 9.89. The fourth-order valence-electron chi connectivity index (χ4n) is 2.48. The maximum atomic E-state index is 10.7. The second-order valence-electron chi connectivity index (χ2n) is 4.29. The Balaban J connectivity index is 2.52. The van der Waals surface area contributed by atoms with Gasteiger partial charge in [0, 0.05) is 15.5 Å². The molecule has 1 aliphatic carbocycles. The Hall–Kier alpha value is -0.760. The molecule has 4 heteroatoms. The van der Waals surface area contributed by atoms with E-state index in [2.05, 4.69) is 11.1 Å². The van der Waals surface area contributed by atoms with Crippen LogP contribution in [0.4, 0.5) is 0 Å². The van der Waals surface area contributed by atoms with Crippen LogP contribution in [-0.2, 0) is 10.3 Å². The Morgan fingerprint density at radius 2 is 2.12 bits per heavy atom. The van der Waals surface area contributed by atoms with Crippen LogP contribution in [0.3, 0.4) is 0 Å². The minimum Gasteiger partial charge on any atom is -0.211 e. The molecule has 1 saturated carbocycles. The van der Waals surface area contributed by atoms with Crippen molar-refractivity contribution in [2.24, 2.45) is 4.99 Å². The van der Waals surface area contributed by atoms with Crippen LogP contribution in [0.1, 0.15) is 31.2 Å². The molecule has 0 atom stereocenters. The molecule has 0 heterocycles. The van der Waals surface area contributed by atoms with Crippen LogP contribution >= 0.6 is 23.4 Å². The van der Waals surface area contributed by atoms with Crippen LogP contribution in [0.2, 0.25) is 5.02 Å². The molecule has 1 aromatic rings. The normalized spacial score (nSPS) is 17.8. The van der Waals surface area contributed by atoms with Crippen molar-refractivity contribution < 1.29 is 4.79 Å². The van der Waals surface area contributed by atoms with Gasteiger partial charge in [0.25, 0.3) is 0 Å². The first-order valence-corrected chi connectivity index (χ1v) is 7.25. The Morgan fingerprint density at radius 3 is 2.71 bits per heavy atom. The summed E-state index contributed by atoms with van der Waals surface area (Å²) in [4.78, 5) is 15.9. The molecule has 0 N–H and O–H groups in total. The molecule has 1 aromatic carbocycles. The van der Waals surface area contributed by atoms with Gasteiger partial charge in [-0.1, -0.05) is 24.4 Å². The number of rotatable bonds is 3. The first-order valence-electron chi connectivity index (χ1n) is 5.65. The third-order valence-electron chi connectivity index (χ3n) is 3.37. The molecule has 0 spiro atoms. The van der Waals surface area contributed by atoms with Gasteiger partial charge < -0.3 is 0 Å². The molecule has 2 rings (SSSR count). The fourth-order valence-corrected chi connectivity index (χ4v) is 3.21. The SMILES string of the molecule is CSc1ccc(Cl)c(C2(N=C=O)CCCC2)c1. The summed E-state index contributed by atoms with van der Waals surface area (Å²) in [5, 5.41) is 0.698. The van der Waals surface area contributed by atoms with E-state index in [1.807, 2.05) is 18.4 Å². The van der Waals surface area contributed by atoms with Crippen molar-refractivity contribution in [1.29, 1.82) is 0 Å². The molecule has 0 bridgehead atoms. The zero-order valence-corrected chi connectivity index (χ0v) is 11.3. The molecular weight excluding hydrogens is 254 g/mol. The first-order chi connectivity index (χ1) is 8.22. The standard InChI is InChI=1S/C13H14ClNOS/c1-17-10-4-5-12(14)11(8-10)13(15-9-16)6-2-3-7-13/h4-5,8H,2-3,6-7H2,1H3. The minimum absolute atomic E-state index is 0.426. The molecule has 90 valence electrons. The van der Waals surface area contributed by atoms with Crippen molar-refractivity contribution in [3.8, 4) is 0 Å². The molecule has 1 fully saturated rings. The van der Waals surface area contributed by atoms with Crippen molar-refractivity contribution in [1.82, 2.24) is 0 Å². The number of thioether (sulfide) groups is 1. The van der Waals surface area contributed by atoms with Crippen LogP contribution in [-0.4, -0.2) is 12.3 Å². The van der Waals surface area contributed by atoms with Crippen molar-refractivity contribution in [2.75, 3.05) is 6.26 Å². The number of nitrogens with zero attached hydrogens (tertiary/aromatic N) is 1. The van der Waals surface area contributed by atoms with E-state index < -0.39 is 5.54 Å². The summed E-state index contributed by atoms with van der Waals surface area (Å²) in [5.74, 6) is 0. The Kier molecular flexibility index (Phi) is 3.93. The molecule has 17 heavy (non-hydrogen) atoms. The van der Waals surface area contributed by atoms with Gasteiger partial charge in [0.05, 0.1) is 5.54 Å². The lowest BCUT2D eigenvalue weighted by molar-refractivity contribution is 0.455. The maximum absolute atomic E-state index is 10.7. The molecule has 0 unspecified atom stereocenters. The number of hydrogen-bond donors (Lipinski definition) is 0. The average Bonchev–Trinajstić information content (AvgIpc) is 2.80. The third-order valence-corrected chi connectivity index (χ3v) is 4.42. The monoisotopic (exact) mass is 267 g/mol. The van der Waals surface area contributed by atoms with Crippen molar-refractivity contribution in [2.45, 2.75) is 36.1 Å². The molecule has 0 amide bonds. The summed E-state index contributed by atoms with van der Waals surface area (Å²) in [5.41, 5.74) is 0.553. The summed E-state index contributed by atoms with van der Waals surface area (Å²) >= 11 is 7.93. The highest BCUT2D eigenvalue weighted by molar-refractivity contribution is 7.98. The van der Waals surface area contributed by atoms with E-state index in [1.165, 1.54) is 0 Å². The average molecular weight is 268 g/mol. The maximum Gasteiger partial charge on any atom is 0.235 e. The molecule has 0 saturated heterocycles. The highest BCUT2D eigenvalue weighted by atomic mass is 35.5. The number of halogens is 1. The van der Waals surface area contributed by atoms with Crippen molar-refractivity contribution >= 4 is 29.4 Å². The van der Waals surface area contributed by atoms with E-state index in [4.69, 9.17) is 11.6 Å². The van der Waals surface area contributed by atoms with E-state index in [9.17, 15) is 4.79 Å². The summed E-state index contributed by atoms with van der Waals surface area (Å²) in [7, 11) is 0. The quantitative estimate of drug-likeness (QED) is 0.467. The summed E-state index contributed by atoms with van der Waals surface area (Å²) in [6.07, 6.45) is 7.70. The second-order valence-corrected chi connectivity index (χ2v) is 5.57. The smallest absolute Gasteiger partial charge is 0.211 e. The van der Waals surface area contributed by atoms with Gasteiger partial charge in [-0.05, 0) is 37.3 Å². The largest absolute Gasteiger partial charge is 0.235 e. The molecule has 0 radical (unpaired) electrons. The lowest BCUT2D eigenvalue weighted by Crippen LogP contribution is -2.19. The summed E-state index contributed by atoms with van der Waals surface area (Å²) in [6.45, 7) is 0. The molecule has 2 nitrogen and oxygen atoms in total. The van der Waals surface area contributed by atoms with E-state index in [0.717, 1.165) is 36.1 Å². The molecule has 1 aliphatic rings. The predicted octanol–water partition coefficient (Wildman–Crippen LogP) is 4.17. The van der Waals surface area contributed by atoms with Crippen LogP contribution < -0.4 is 0 Å². The number of aliphatic imine (C=N–C) groups is 1. The zero-order chi connectivity index (χ0) is 12.3. The van der Waals surface area contributed by atoms with Crippen LogP contribution in [0.15, 0.2) is 28.1 Å². The van der Waals surface area contributed by atoms with Crippen LogP contribution in [0.5, 0.6) is 0 Å². The molecule has 0 aliphatic heterocycles. The number of hydrogen-bond acceptors (Lipinski definition) is 3. The number of isocyanates is 1. The lowest BCUT2D eigenvalue weighted by Gasteiger charge is -2.24. The number of carbonyl (C=O) groups excluding carboxylic acids is 1. The predicted molar refractivity (Wildman–Crippen MR) is 71.5 cm³/mol. The van der Waals surface area contributed by atoms with Gasteiger partial charge in [-0.25, -0.2) is 4.79 Å². The van der Waals surface area contributed by atoms with E-state index in [0.29, 0.717) is 5.02 Å². The molecular formula is C13H14ClNOS. The van der Waals surface area contributed by atoms with Gasteiger partial charge >= 0.3 is 0 Å². The highest BCUT2D eigenvalue weighted by Crippen LogP contribution is 2.45. The first kappa shape index (κ1) is 12.7. The van der Waals surface area contributed by atoms with Gasteiger partial charge in [0.2, 0.25) is 6.08 Å². The van der Waals surface area contributed by atoms with Gasteiger partial charge in [0.1, 0.15) is 0 Å². The Morgan fingerprint density at radius 1 is 1.41 bits per heavy atom. The van der Waals surface area contributed by atoms with E-state index >= 15 is 0 Å². The third kappa shape index (κ3) is 2.42. The Labute approximate surface area is 110 Å². The van der Waals surface area contributed by atoms with E-state index in [1.54, 1.807) is 17.8 Å².